The molecule has 1 aliphatic rings. The second-order valence-corrected chi connectivity index (χ2v) is 5.54. The van der Waals surface area contributed by atoms with Crippen molar-refractivity contribution in [1.29, 1.82) is 0 Å². The molecule has 0 heterocycles. The van der Waals surface area contributed by atoms with E-state index in [1.807, 2.05) is 0 Å². The van der Waals surface area contributed by atoms with E-state index in [9.17, 15) is 20.0 Å². The molecule has 1 aromatic carbocycles. The molecule has 0 atom stereocenters. The monoisotopic (exact) mass is 308 g/mol. The maximum atomic E-state index is 12.4. The zero-order chi connectivity index (χ0) is 16.3. The van der Waals surface area contributed by atoms with Gasteiger partial charge in [-0.1, -0.05) is 0 Å². The van der Waals surface area contributed by atoms with E-state index in [0.717, 1.165) is 37.8 Å². The summed E-state index contributed by atoms with van der Waals surface area (Å²) in [5.74, 6) is -0.738. The average molecular weight is 308 g/mol. The van der Waals surface area contributed by atoms with Gasteiger partial charge in [0.1, 0.15) is 0 Å². The van der Waals surface area contributed by atoms with Crippen molar-refractivity contribution in [3.63, 3.8) is 0 Å². The lowest BCUT2D eigenvalue weighted by molar-refractivity contribution is -0.385. The summed E-state index contributed by atoms with van der Waals surface area (Å²) in [5.41, 5.74) is -0.153. The van der Waals surface area contributed by atoms with Crippen LogP contribution in [0.1, 0.15) is 36.0 Å². The Morgan fingerprint density at radius 2 is 2.00 bits per heavy atom. The third-order valence-electron chi connectivity index (χ3n) is 4.26. The van der Waals surface area contributed by atoms with Crippen molar-refractivity contribution >= 4 is 11.6 Å². The number of nitro benzene ring substituents is 1. The van der Waals surface area contributed by atoms with Gasteiger partial charge in [0, 0.05) is 31.8 Å². The second-order valence-electron chi connectivity index (χ2n) is 5.54. The Bertz CT molecular complexity index is 567. The summed E-state index contributed by atoms with van der Waals surface area (Å²) in [5, 5.41) is 20.3. The maximum absolute atomic E-state index is 12.4. The smallest absolute Gasteiger partial charge is 0.310 e. The van der Waals surface area contributed by atoms with Crippen LogP contribution in [0.25, 0.3) is 0 Å². The lowest BCUT2D eigenvalue weighted by Crippen LogP contribution is -2.40. The quantitative estimate of drug-likeness (QED) is 0.680. The van der Waals surface area contributed by atoms with Crippen LogP contribution in [0.15, 0.2) is 18.2 Å². The largest absolute Gasteiger partial charge is 0.502 e. The first-order chi connectivity index (χ1) is 10.4. The van der Waals surface area contributed by atoms with Gasteiger partial charge in [0.25, 0.3) is 5.91 Å². The van der Waals surface area contributed by atoms with Crippen molar-refractivity contribution in [3.8, 4) is 5.75 Å². The van der Waals surface area contributed by atoms with E-state index in [-0.39, 0.29) is 23.6 Å². The Balaban J connectivity index is 2.08. The van der Waals surface area contributed by atoms with Gasteiger partial charge in [-0.3, -0.25) is 14.9 Å². The van der Waals surface area contributed by atoms with Crippen LogP contribution in [0, 0.1) is 10.1 Å². The molecule has 0 radical (unpaired) electrons. The third kappa shape index (κ3) is 3.36. The van der Waals surface area contributed by atoms with E-state index in [1.54, 1.807) is 19.1 Å². The van der Waals surface area contributed by atoms with E-state index >= 15 is 0 Å². The van der Waals surface area contributed by atoms with Gasteiger partial charge in [0.15, 0.2) is 5.75 Å². The van der Waals surface area contributed by atoms with Crippen LogP contribution in [0.2, 0.25) is 0 Å². The van der Waals surface area contributed by atoms with Crippen molar-refractivity contribution in [2.45, 2.75) is 37.8 Å². The minimum Gasteiger partial charge on any atom is -0.502 e. The minimum atomic E-state index is -0.681. The molecule has 1 aliphatic carbocycles. The van der Waals surface area contributed by atoms with Gasteiger partial charge in [0.2, 0.25) is 0 Å². The molecule has 0 aliphatic heterocycles. The normalized spacial score (nSPS) is 21.4. The SMILES string of the molecule is COC1CCC(N(C)C(=O)c2ccc([N+](=O)[O-])c(O)c2)CC1. The number of amides is 1. The van der Waals surface area contributed by atoms with Crippen LogP contribution in [0.3, 0.4) is 0 Å². The maximum Gasteiger partial charge on any atom is 0.310 e. The number of ether oxygens (including phenoxy) is 1. The second kappa shape index (κ2) is 6.74. The van der Waals surface area contributed by atoms with E-state index in [2.05, 4.69) is 0 Å². The zero-order valence-corrected chi connectivity index (χ0v) is 12.7. The van der Waals surface area contributed by atoms with Crippen LogP contribution in [-0.4, -0.2) is 47.1 Å². The molecular formula is C15H20N2O5. The number of carbonyl (C=O) groups is 1. The summed E-state index contributed by atoms with van der Waals surface area (Å²) in [4.78, 5) is 24.1. The lowest BCUT2D eigenvalue weighted by Gasteiger charge is -2.34. The molecule has 1 amide bonds. The van der Waals surface area contributed by atoms with Crippen LogP contribution >= 0.6 is 0 Å². The van der Waals surface area contributed by atoms with Gasteiger partial charge < -0.3 is 14.7 Å². The van der Waals surface area contributed by atoms with Gasteiger partial charge in [-0.15, -0.1) is 0 Å². The zero-order valence-electron chi connectivity index (χ0n) is 12.7. The standard InChI is InChI=1S/C15H20N2O5/c1-16(11-4-6-12(22-2)7-5-11)15(19)10-3-8-13(17(20)21)14(18)9-10/h3,8-9,11-12,18H,4-7H2,1-2H3. The van der Waals surface area contributed by atoms with Crippen LogP contribution in [-0.2, 0) is 4.74 Å². The van der Waals surface area contributed by atoms with E-state index in [0.29, 0.717) is 0 Å². The highest BCUT2D eigenvalue weighted by Crippen LogP contribution is 2.28. The summed E-state index contributed by atoms with van der Waals surface area (Å²) < 4.78 is 5.32. The Morgan fingerprint density at radius 3 is 2.50 bits per heavy atom. The number of nitrogens with zero attached hydrogens (tertiary/aromatic N) is 2. The van der Waals surface area contributed by atoms with E-state index < -0.39 is 16.4 Å². The summed E-state index contributed by atoms with van der Waals surface area (Å²) in [6.07, 6.45) is 3.79. The summed E-state index contributed by atoms with van der Waals surface area (Å²) in [6.45, 7) is 0. The molecule has 0 bridgehead atoms. The van der Waals surface area contributed by atoms with Crippen molar-refractivity contribution in [1.82, 2.24) is 4.90 Å². The highest BCUT2D eigenvalue weighted by Gasteiger charge is 2.27. The molecule has 7 heteroatoms. The van der Waals surface area contributed by atoms with Crippen LogP contribution < -0.4 is 0 Å². The fourth-order valence-corrected chi connectivity index (χ4v) is 2.85. The number of nitro groups is 1. The first-order valence-electron chi connectivity index (χ1n) is 7.21. The van der Waals surface area contributed by atoms with Gasteiger partial charge in [-0.25, -0.2) is 0 Å². The number of carbonyl (C=O) groups excluding carboxylic acids is 1. The highest BCUT2D eigenvalue weighted by molar-refractivity contribution is 5.95. The number of phenolic OH excluding ortho intramolecular Hbond substituents is 1. The lowest BCUT2D eigenvalue weighted by atomic mass is 9.91. The molecule has 0 aromatic heterocycles. The Kier molecular flexibility index (Phi) is 4.97. The van der Waals surface area contributed by atoms with Gasteiger partial charge >= 0.3 is 5.69 Å². The third-order valence-corrected chi connectivity index (χ3v) is 4.26. The van der Waals surface area contributed by atoms with Crippen LogP contribution in [0.4, 0.5) is 5.69 Å². The van der Waals surface area contributed by atoms with Gasteiger partial charge in [-0.05, 0) is 37.8 Å². The molecule has 22 heavy (non-hydrogen) atoms. The first kappa shape index (κ1) is 16.2. The average Bonchev–Trinajstić information content (AvgIpc) is 2.53. The van der Waals surface area contributed by atoms with E-state index in [1.165, 1.54) is 6.07 Å². The molecule has 120 valence electrons. The van der Waals surface area contributed by atoms with E-state index in [4.69, 9.17) is 4.74 Å². The molecule has 0 spiro atoms. The number of methoxy groups -OCH3 is 1. The predicted molar refractivity (Wildman–Crippen MR) is 79.9 cm³/mol. The fraction of sp³-hybridized carbons (Fsp3) is 0.533. The van der Waals surface area contributed by atoms with Crippen molar-refractivity contribution in [2.24, 2.45) is 0 Å². The highest BCUT2D eigenvalue weighted by atomic mass is 16.6. The molecule has 1 N–H and O–H groups in total. The molecule has 0 unspecified atom stereocenters. The molecule has 2 rings (SSSR count). The number of aromatic hydroxyl groups is 1. The van der Waals surface area contributed by atoms with Crippen molar-refractivity contribution in [2.75, 3.05) is 14.2 Å². The summed E-state index contributed by atoms with van der Waals surface area (Å²) in [7, 11) is 3.41. The Labute approximate surface area is 128 Å². The van der Waals surface area contributed by atoms with Crippen molar-refractivity contribution in [3.05, 3.63) is 33.9 Å². The van der Waals surface area contributed by atoms with Crippen molar-refractivity contribution < 1.29 is 19.6 Å². The minimum absolute atomic E-state index is 0.122. The molecule has 7 nitrogen and oxygen atoms in total. The van der Waals surface area contributed by atoms with Gasteiger partial charge in [-0.2, -0.15) is 0 Å². The number of hydrogen-bond acceptors (Lipinski definition) is 5. The number of phenols is 1. The topological polar surface area (TPSA) is 92.9 Å². The number of rotatable bonds is 4. The Hall–Kier alpha value is -2.15. The number of benzene rings is 1. The predicted octanol–water partition coefficient (Wildman–Crippen LogP) is 2.33. The molecule has 0 saturated heterocycles. The summed E-state index contributed by atoms with van der Waals surface area (Å²) >= 11 is 0. The molecule has 1 fully saturated rings. The molecular weight excluding hydrogens is 288 g/mol. The summed E-state index contributed by atoms with van der Waals surface area (Å²) in [6, 6.07) is 3.80. The molecule has 1 aromatic rings. The number of hydrogen-bond donors (Lipinski definition) is 1. The molecule has 1 saturated carbocycles. The fourth-order valence-electron chi connectivity index (χ4n) is 2.85. The first-order valence-corrected chi connectivity index (χ1v) is 7.21. The van der Waals surface area contributed by atoms with Crippen LogP contribution in [0.5, 0.6) is 5.75 Å². The Morgan fingerprint density at radius 1 is 1.36 bits per heavy atom. The van der Waals surface area contributed by atoms with Gasteiger partial charge in [0.05, 0.1) is 11.0 Å².